The van der Waals surface area contributed by atoms with Gasteiger partial charge in [0, 0.05) is 0 Å². The average Bonchev–Trinajstić information content (AvgIpc) is 2.52. The van der Waals surface area contributed by atoms with Gasteiger partial charge in [-0.2, -0.15) is 0 Å². The highest BCUT2D eigenvalue weighted by molar-refractivity contribution is 4.65. The van der Waals surface area contributed by atoms with Crippen molar-refractivity contribution in [2.24, 2.45) is 11.8 Å². The third-order valence-corrected chi connectivity index (χ3v) is 1.73. The van der Waals surface area contributed by atoms with E-state index in [9.17, 15) is 0 Å². The SMILES string of the molecule is CC1CC1.CCCC(C)C. The zero-order valence-corrected chi connectivity index (χ0v) is 7.98. The highest BCUT2D eigenvalue weighted by Crippen LogP contribution is 2.26. The van der Waals surface area contributed by atoms with Crippen molar-refractivity contribution in [3.8, 4) is 0 Å². The van der Waals surface area contributed by atoms with Crippen LogP contribution in [0.25, 0.3) is 0 Å². The first-order chi connectivity index (χ1) is 4.66. The number of rotatable bonds is 2. The molecule has 10 heavy (non-hydrogen) atoms. The Kier molecular flexibility index (Phi) is 5.76. The van der Waals surface area contributed by atoms with Crippen molar-refractivity contribution in [2.45, 2.75) is 53.4 Å². The second kappa shape index (κ2) is 5.76. The predicted molar refractivity (Wildman–Crippen MR) is 48.1 cm³/mol. The average molecular weight is 142 g/mol. The lowest BCUT2D eigenvalue weighted by atomic mass is 10.1. The van der Waals surface area contributed by atoms with Crippen molar-refractivity contribution in [3.05, 3.63) is 0 Å². The van der Waals surface area contributed by atoms with Crippen LogP contribution in [0.1, 0.15) is 53.4 Å². The molecule has 1 rings (SSSR count). The lowest BCUT2D eigenvalue weighted by Crippen LogP contribution is -1.81. The lowest BCUT2D eigenvalue weighted by Gasteiger charge is -1.95. The maximum absolute atomic E-state index is 2.28. The molecule has 0 aromatic heterocycles. The molecule has 0 heterocycles. The smallest absolute Gasteiger partial charge is 0.0443 e. The van der Waals surface area contributed by atoms with Crippen molar-refractivity contribution < 1.29 is 0 Å². The number of hydrogen-bond donors (Lipinski definition) is 0. The van der Waals surface area contributed by atoms with Gasteiger partial charge in [0.15, 0.2) is 0 Å². The van der Waals surface area contributed by atoms with Crippen molar-refractivity contribution >= 4 is 0 Å². The fourth-order valence-electron chi connectivity index (χ4n) is 0.744. The molecule has 0 aromatic carbocycles. The molecule has 0 atom stereocenters. The van der Waals surface area contributed by atoms with E-state index in [1.54, 1.807) is 0 Å². The van der Waals surface area contributed by atoms with Crippen LogP contribution in [-0.4, -0.2) is 0 Å². The van der Waals surface area contributed by atoms with Gasteiger partial charge in [0.25, 0.3) is 0 Å². The molecule has 0 nitrogen and oxygen atoms in total. The van der Waals surface area contributed by atoms with E-state index < -0.39 is 0 Å². The van der Waals surface area contributed by atoms with Crippen LogP contribution in [0.4, 0.5) is 0 Å². The molecule has 0 aromatic rings. The summed E-state index contributed by atoms with van der Waals surface area (Å²) in [5.74, 6) is 1.98. The maximum Gasteiger partial charge on any atom is -0.0443 e. The molecule has 1 saturated carbocycles. The van der Waals surface area contributed by atoms with Gasteiger partial charge in [-0.15, -0.1) is 0 Å². The molecular formula is C10H22. The van der Waals surface area contributed by atoms with E-state index in [1.807, 2.05) is 0 Å². The van der Waals surface area contributed by atoms with E-state index >= 15 is 0 Å². The Balaban J connectivity index is 0.000000172. The van der Waals surface area contributed by atoms with E-state index in [0.717, 1.165) is 11.8 Å². The first-order valence-electron chi connectivity index (χ1n) is 4.66. The van der Waals surface area contributed by atoms with Crippen LogP contribution < -0.4 is 0 Å². The summed E-state index contributed by atoms with van der Waals surface area (Å²) in [6, 6.07) is 0. The minimum Gasteiger partial charge on any atom is -0.0654 e. The summed E-state index contributed by atoms with van der Waals surface area (Å²) in [4.78, 5) is 0. The summed E-state index contributed by atoms with van der Waals surface area (Å²) in [6.45, 7) is 9.01. The highest BCUT2D eigenvalue weighted by Gasteiger charge is 2.12. The zero-order valence-electron chi connectivity index (χ0n) is 7.98. The molecule has 0 N–H and O–H groups in total. The van der Waals surface area contributed by atoms with Crippen LogP contribution >= 0.6 is 0 Å². The van der Waals surface area contributed by atoms with E-state index in [0.29, 0.717) is 0 Å². The monoisotopic (exact) mass is 142 g/mol. The van der Waals surface area contributed by atoms with E-state index in [4.69, 9.17) is 0 Å². The minimum atomic E-state index is 0.898. The normalized spacial score (nSPS) is 16.5. The van der Waals surface area contributed by atoms with Gasteiger partial charge in [-0.05, 0) is 11.8 Å². The standard InChI is InChI=1S/C6H14.C4H8/c1-4-5-6(2)3;1-4-2-3-4/h6H,4-5H2,1-3H3;4H,2-3H2,1H3. The molecule has 0 amide bonds. The first kappa shape index (κ1) is 10.0. The molecule has 0 bridgehead atoms. The largest absolute Gasteiger partial charge is 0.0654 e. The molecule has 0 spiro atoms. The summed E-state index contributed by atoms with van der Waals surface area (Å²) in [7, 11) is 0. The Bertz CT molecular complexity index is 60.4. The van der Waals surface area contributed by atoms with Crippen molar-refractivity contribution in [2.75, 3.05) is 0 Å². The van der Waals surface area contributed by atoms with Crippen molar-refractivity contribution in [1.82, 2.24) is 0 Å². The predicted octanol–water partition coefficient (Wildman–Crippen LogP) is 3.86. The second-order valence-electron chi connectivity index (χ2n) is 3.87. The Labute approximate surface area is 66.0 Å². The molecule has 1 aliphatic rings. The minimum absolute atomic E-state index is 0.898. The van der Waals surface area contributed by atoms with Gasteiger partial charge in [0.05, 0.1) is 0 Å². The topological polar surface area (TPSA) is 0 Å². The Morgan fingerprint density at radius 2 is 1.70 bits per heavy atom. The third-order valence-electron chi connectivity index (χ3n) is 1.73. The summed E-state index contributed by atoms with van der Waals surface area (Å²) in [6.07, 6.45) is 5.68. The van der Waals surface area contributed by atoms with Gasteiger partial charge in [-0.1, -0.05) is 53.4 Å². The lowest BCUT2D eigenvalue weighted by molar-refractivity contribution is 0.576. The van der Waals surface area contributed by atoms with Crippen LogP contribution in [0.5, 0.6) is 0 Å². The molecular weight excluding hydrogens is 120 g/mol. The Morgan fingerprint density at radius 1 is 1.30 bits per heavy atom. The highest BCUT2D eigenvalue weighted by atomic mass is 14.2. The Morgan fingerprint density at radius 3 is 1.70 bits per heavy atom. The van der Waals surface area contributed by atoms with Crippen LogP contribution in [0, 0.1) is 11.8 Å². The van der Waals surface area contributed by atoms with Gasteiger partial charge in [0.2, 0.25) is 0 Å². The van der Waals surface area contributed by atoms with Crippen LogP contribution in [0.3, 0.4) is 0 Å². The molecule has 1 fully saturated rings. The van der Waals surface area contributed by atoms with Crippen molar-refractivity contribution in [1.29, 1.82) is 0 Å². The van der Waals surface area contributed by atoms with Crippen LogP contribution in [0.15, 0.2) is 0 Å². The van der Waals surface area contributed by atoms with Gasteiger partial charge < -0.3 is 0 Å². The summed E-state index contributed by atoms with van der Waals surface area (Å²) < 4.78 is 0. The molecule has 0 saturated heterocycles. The van der Waals surface area contributed by atoms with Crippen LogP contribution in [-0.2, 0) is 0 Å². The van der Waals surface area contributed by atoms with Gasteiger partial charge in [-0.25, -0.2) is 0 Å². The molecule has 1 aliphatic carbocycles. The van der Waals surface area contributed by atoms with E-state index in [-0.39, 0.29) is 0 Å². The molecule has 0 unspecified atom stereocenters. The van der Waals surface area contributed by atoms with Gasteiger partial charge in [-0.3, -0.25) is 0 Å². The summed E-state index contributed by atoms with van der Waals surface area (Å²) >= 11 is 0. The van der Waals surface area contributed by atoms with E-state index in [2.05, 4.69) is 27.7 Å². The van der Waals surface area contributed by atoms with Crippen molar-refractivity contribution in [3.63, 3.8) is 0 Å². The molecule has 0 heteroatoms. The fraction of sp³-hybridized carbons (Fsp3) is 1.00. The fourth-order valence-corrected chi connectivity index (χ4v) is 0.744. The molecule has 0 radical (unpaired) electrons. The van der Waals surface area contributed by atoms with Crippen LogP contribution in [0.2, 0.25) is 0 Å². The second-order valence-corrected chi connectivity index (χ2v) is 3.87. The first-order valence-corrected chi connectivity index (χ1v) is 4.66. The van der Waals surface area contributed by atoms with Gasteiger partial charge in [0.1, 0.15) is 0 Å². The van der Waals surface area contributed by atoms with Gasteiger partial charge >= 0.3 is 0 Å². The summed E-state index contributed by atoms with van der Waals surface area (Å²) in [5, 5.41) is 0. The summed E-state index contributed by atoms with van der Waals surface area (Å²) in [5.41, 5.74) is 0. The molecule has 62 valence electrons. The molecule has 0 aliphatic heterocycles. The zero-order chi connectivity index (χ0) is 7.98. The quantitative estimate of drug-likeness (QED) is 0.549. The Hall–Kier alpha value is 0. The number of hydrogen-bond acceptors (Lipinski definition) is 0. The third kappa shape index (κ3) is 10.9. The maximum atomic E-state index is 2.28. The van der Waals surface area contributed by atoms with E-state index in [1.165, 1.54) is 25.7 Å².